The molecule has 0 saturated carbocycles. The normalized spacial score (nSPS) is 15.2. The molecule has 41 heavy (non-hydrogen) atoms. The zero-order chi connectivity index (χ0) is 27.9. The van der Waals surface area contributed by atoms with Crippen LogP contribution in [0.15, 0.2) is 109 Å². The molecule has 3 N–H and O–H groups in total. The number of ketones is 2. The van der Waals surface area contributed by atoms with Gasteiger partial charge >= 0.3 is 0 Å². The predicted molar refractivity (Wildman–Crippen MR) is 161 cm³/mol. The second-order valence-electron chi connectivity index (χ2n) is 10.7. The van der Waals surface area contributed by atoms with Gasteiger partial charge in [-0.15, -0.1) is 0 Å². The molecule has 5 nitrogen and oxygen atoms in total. The van der Waals surface area contributed by atoms with Crippen molar-refractivity contribution in [1.29, 1.82) is 0 Å². The van der Waals surface area contributed by atoms with Crippen LogP contribution in [0, 0.1) is 0 Å². The van der Waals surface area contributed by atoms with Crippen LogP contribution in [0.3, 0.4) is 0 Å². The molecular weight excluding hydrogens is 508 g/mol. The molecule has 5 heteroatoms. The Morgan fingerprint density at radius 2 is 1.20 bits per heavy atom. The van der Waals surface area contributed by atoms with Gasteiger partial charge < -0.3 is 15.8 Å². The zero-order valence-electron chi connectivity index (χ0n) is 22.2. The van der Waals surface area contributed by atoms with Crippen LogP contribution in [-0.4, -0.2) is 18.7 Å². The second-order valence-corrected chi connectivity index (χ2v) is 10.7. The molecule has 0 aromatic heterocycles. The fourth-order valence-electron chi connectivity index (χ4n) is 6.87. The van der Waals surface area contributed by atoms with Crippen molar-refractivity contribution >= 4 is 28.6 Å². The van der Waals surface area contributed by atoms with E-state index >= 15 is 0 Å². The largest absolute Gasteiger partial charge is 0.497 e. The summed E-state index contributed by atoms with van der Waals surface area (Å²) in [5.74, 6) is 0.301. The zero-order valence-corrected chi connectivity index (χ0v) is 22.2. The minimum atomic E-state index is -0.744. The Kier molecular flexibility index (Phi) is 4.75. The summed E-state index contributed by atoms with van der Waals surface area (Å²) in [6, 6.07) is 33.4. The number of benzene rings is 5. The number of rotatable bonds is 2. The van der Waals surface area contributed by atoms with Crippen molar-refractivity contribution in [2.45, 2.75) is 5.41 Å². The van der Waals surface area contributed by atoms with E-state index in [1.807, 2.05) is 54.6 Å². The molecule has 0 atom stereocenters. The molecule has 0 unspecified atom stereocenters. The van der Waals surface area contributed by atoms with Crippen LogP contribution in [0.2, 0.25) is 0 Å². The molecule has 0 bridgehead atoms. The van der Waals surface area contributed by atoms with Gasteiger partial charge in [0.1, 0.15) is 5.75 Å². The Bertz CT molecular complexity index is 1960. The van der Waals surface area contributed by atoms with E-state index in [1.165, 1.54) is 0 Å². The lowest BCUT2D eigenvalue weighted by Crippen LogP contribution is -2.33. The van der Waals surface area contributed by atoms with Crippen LogP contribution in [0.5, 0.6) is 5.75 Å². The van der Waals surface area contributed by atoms with E-state index in [9.17, 15) is 9.59 Å². The smallest absolute Gasteiger partial charge is 0.196 e. The first-order valence-corrected chi connectivity index (χ1v) is 13.5. The number of nitrogens with two attached hydrogens (primary N) is 1. The average molecular weight is 533 g/mol. The lowest BCUT2D eigenvalue weighted by atomic mass is 9.67. The number of hydrogen-bond donors (Lipinski definition) is 2. The van der Waals surface area contributed by atoms with E-state index < -0.39 is 5.41 Å². The number of methoxy groups -OCH3 is 1. The molecule has 196 valence electrons. The van der Waals surface area contributed by atoms with Gasteiger partial charge in [-0.25, -0.2) is 0 Å². The fourth-order valence-corrected chi connectivity index (χ4v) is 6.87. The van der Waals surface area contributed by atoms with Gasteiger partial charge in [-0.3, -0.25) is 9.59 Å². The van der Waals surface area contributed by atoms with Crippen LogP contribution in [0.1, 0.15) is 54.1 Å². The highest BCUT2D eigenvalue weighted by Crippen LogP contribution is 2.59. The van der Waals surface area contributed by atoms with Crippen LogP contribution in [0.25, 0.3) is 16.8 Å². The van der Waals surface area contributed by atoms with Gasteiger partial charge in [-0.1, -0.05) is 72.8 Å². The number of ether oxygens (including phenoxy) is 1. The molecule has 0 fully saturated rings. The molecule has 3 aliphatic rings. The number of hydrogen-bond acceptors (Lipinski definition) is 5. The molecule has 1 heterocycles. The summed E-state index contributed by atoms with van der Waals surface area (Å²) >= 11 is 0. The first kappa shape index (κ1) is 23.5. The van der Waals surface area contributed by atoms with E-state index in [0.717, 1.165) is 44.8 Å². The predicted octanol–water partition coefficient (Wildman–Crippen LogP) is 6.83. The number of anilines is 2. The third-order valence-corrected chi connectivity index (χ3v) is 8.67. The molecule has 2 aliphatic carbocycles. The molecule has 0 saturated heterocycles. The number of nitrogens with one attached hydrogen (secondary N) is 1. The molecule has 5 aromatic carbocycles. The lowest BCUT2D eigenvalue weighted by molar-refractivity contribution is 0.0980. The third kappa shape index (κ3) is 3.00. The van der Waals surface area contributed by atoms with E-state index in [4.69, 9.17) is 10.5 Å². The van der Waals surface area contributed by atoms with Crippen molar-refractivity contribution in [1.82, 2.24) is 0 Å². The van der Waals surface area contributed by atoms with Crippen LogP contribution >= 0.6 is 0 Å². The summed E-state index contributed by atoms with van der Waals surface area (Å²) < 4.78 is 5.41. The highest BCUT2D eigenvalue weighted by Gasteiger charge is 2.49. The lowest BCUT2D eigenvalue weighted by Gasteiger charge is -2.39. The van der Waals surface area contributed by atoms with Crippen molar-refractivity contribution < 1.29 is 14.3 Å². The Morgan fingerprint density at radius 3 is 1.78 bits per heavy atom. The van der Waals surface area contributed by atoms with Crippen molar-refractivity contribution in [2.75, 3.05) is 18.2 Å². The van der Waals surface area contributed by atoms with Gasteiger partial charge in [0.2, 0.25) is 0 Å². The van der Waals surface area contributed by atoms with Gasteiger partial charge in [0, 0.05) is 22.5 Å². The van der Waals surface area contributed by atoms with Gasteiger partial charge in [0.25, 0.3) is 0 Å². The average Bonchev–Trinajstić information content (AvgIpc) is 3.29. The maximum Gasteiger partial charge on any atom is 0.196 e. The minimum absolute atomic E-state index is 0.211. The number of fused-ring (bicyclic) bond motifs is 10. The number of allylic oxidation sites excluding steroid dienone is 1. The van der Waals surface area contributed by atoms with Crippen molar-refractivity contribution in [3.05, 3.63) is 154 Å². The number of carbonyl (C=O) groups is 2. The Morgan fingerprint density at radius 1 is 0.659 bits per heavy atom. The van der Waals surface area contributed by atoms with E-state index in [1.54, 1.807) is 31.4 Å². The van der Waals surface area contributed by atoms with Crippen LogP contribution in [-0.2, 0) is 5.41 Å². The van der Waals surface area contributed by atoms with Crippen molar-refractivity contribution in [3.8, 4) is 16.9 Å². The Balaban J connectivity index is 1.50. The number of carbonyl (C=O) groups excluding carboxylic acids is 2. The highest BCUT2D eigenvalue weighted by atomic mass is 16.5. The molecule has 8 rings (SSSR count). The van der Waals surface area contributed by atoms with Gasteiger partial charge in [0.05, 0.1) is 29.3 Å². The van der Waals surface area contributed by atoms with Gasteiger partial charge in [-0.2, -0.15) is 0 Å². The quantitative estimate of drug-likeness (QED) is 0.239. The third-order valence-electron chi connectivity index (χ3n) is 8.67. The summed E-state index contributed by atoms with van der Waals surface area (Å²) in [5.41, 5.74) is 15.3. The molecular formula is C36H24N2O3. The van der Waals surface area contributed by atoms with E-state index in [2.05, 4.69) is 35.7 Å². The van der Waals surface area contributed by atoms with Gasteiger partial charge in [0.15, 0.2) is 11.6 Å². The van der Waals surface area contributed by atoms with Crippen LogP contribution < -0.4 is 15.8 Å². The van der Waals surface area contributed by atoms with Crippen LogP contribution in [0.4, 0.5) is 11.4 Å². The first-order valence-electron chi connectivity index (χ1n) is 13.5. The van der Waals surface area contributed by atoms with Crippen molar-refractivity contribution in [2.24, 2.45) is 0 Å². The van der Waals surface area contributed by atoms with E-state index in [-0.39, 0.29) is 17.1 Å². The Labute approximate surface area is 236 Å². The summed E-state index contributed by atoms with van der Waals surface area (Å²) in [6.07, 6.45) is 2.23. The fraction of sp³-hybridized carbons (Fsp3) is 0.0556. The SMILES string of the molecule is COc1ccc(C2=CC3(c4ccccc4-c4ccccc43)c3cc(N)c4c(c3N2)C(=O)c2ccccc2C4=O)cc1. The standard InChI is InChI=1S/C36H24N2O3/c1-41-21-16-14-20(15-17-21)30-19-36(26-12-6-4-8-22(26)23-9-5-7-13-27(23)36)28-18-29(37)31-32(33(28)38-30)35(40)25-11-3-2-10-24(25)34(31)39/h2-19,38H,37H2,1H3. The van der Waals surface area contributed by atoms with Crippen molar-refractivity contribution in [3.63, 3.8) is 0 Å². The molecule has 0 amide bonds. The highest BCUT2D eigenvalue weighted by molar-refractivity contribution is 6.32. The maximum atomic E-state index is 14.2. The topological polar surface area (TPSA) is 81.4 Å². The summed E-state index contributed by atoms with van der Waals surface area (Å²) in [4.78, 5) is 28.0. The minimum Gasteiger partial charge on any atom is -0.497 e. The summed E-state index contributed by atoms with van der Waals surface area (Å²) in [5, 5.41) is 3.59. The molecule has 1 aliphatic heterocycles. The van der Waals surface area contributed by atoms with E-state index in [0.29, 0.717) is 28.1 Å². The number of nitrogen functional groups attached to an aromatic ring is 1. The first-order chi connectivity index (χ1) is 20.0. The second kappa shape index (κ2) is 8.29. The molecule has 1 spiro atoms. The molecule has 0 radical (unpaired) electrons. The molecule has 5 aromatic rings. The van der Waals surface area contributed by atoms with Gasteiger partial charge in [-0.05, 0) is 69.8 Å². The monoisotopic (exact) mass is 532 g/mol. The Hall–Kier alpha value is -5.42. The summed E-state index contributed by atoms with van der Waals surface area (Å²) in [6.45, 7) is 0. The summed E-state index contributed by atoms with van der Waals surface area (Å²) in [7, 11) is 1.64. The maximum absolute atomic E-state index is 14.2.